The van der Waals surface area contributed by atoms with E-state index in [4.69, 9.17) is 9.84 Å². The fraction of sp³-hybridized carbons (Fsp3) is 0.429. The van der Waals surface area contributed by atoms with Crippen molar-refractivity contribution in [3.63, 3.8) is 0 Å². The van der Waals surface area contributed by atoms with Crippen LogP contribution in [0.25, 0.3) is 33.4 Å². The number of hydrogen-bond acceptors (Lipinski definition) is 4. The quantitative estimate of drug-likeness (QED) is 0.401. The molecule has 2 aromatic heterocycles. The van der Waals surface area contributed by atoms with E-state index in [-0.39, 0.29) is 5.69 Å². The Labute approximate surface area is 206 Å². The van der Waals surface area contributed by atoms with Crippen molar-refractivity contribution in [3.8, 4) is 22.4 Å². The lowest BCUT2D eigenvalue weighted by molar-refractivity contribution is 0.0360. The zero-order valence-corrected chi connectivity index (χ0v) is 21.3. The second-order valence-electron chi connectivity index (χ2n) is 9.40. The normalized spacial score (nSPS) is 14.7. The van der Waals surface area contributed by atoms with Crippen molar-refractivity contribution in [2.24, 2.45) is 0 Å². The minimum absolute atomic E-state index is 0.0538. The van der Waals surface area contributed by atoms with Crippen LogP contribution in [0.15, 0.2) is 47.4 Å². The van der Waals surface area contributed by atoms with Gasteiger partial charge < -0.3 is 4.74 Å². The average molecular weight is 474 g/mol. The van der Waals surface area contributed by atoms with E-state index in [1.807, 2.05) is 23.0 Å². The molecule has 5 rings (SSSR count). The number of nitrogens with zero attached hydrogens (tertiary/aromatic N) is 5. The van der Waals surface area contributed by atoms with Crippen molar-refractivity contribution in [2.45, 2.75) is 47.3 Å². The van der Waals surface area contributed by atoms with Crippen LogP contribution in [0, 0.1) is 13.8 Å². The molecule has 4 aromatic rings. The molecule has 1 aliphatic rings. The fourth-order valence-electron chi connectivity index (χ4n) is 5.10. The van der Waals surface area contributed by atoms with Crippen LogP contribution < -0.4 is 5.69 Å². The number of rotatable bonds is 7. The average Bonchev–Trinajstić information content (AvgIpc) is 3.42. The maximum absolute atomic E-state index is 12.9. The van der Waals surface area contributed by atoms with Crippen LogP contribution in [0.5, 0.6) is 0 Å². The van der Waals surface area contributed by atoms with E-state index in [0.717, 1.165) is 72.8 Å². The Morgan fingerprint density at radius 1 is 0.886 bits per heavy atom. The highest BCUT2D eigenvalue weighted by molar-refractivity contribution is 5.88. The Balaban J connectivity index is 1.61. The van der Waals surface area contributed by atoms with Crippen molar-refractivity contribution in [3.05, 3.63) is 64.2 Å². The van der Waals surface area contributed by atoms with Crippen LogP contribution >= 0.6 is 0 Å². The van der Waals surface area contributed by atoms with E-state index in [1.165, 1.54) is 11.1 Å². The SMILES string of the molecule is CCn1c(=O)n(CC)c2cc(-c3cn(CCN4CCOCC4)nc3-c3cc(C)ccc3C)ccc21. The number of aryl methyl sites for hydroxylation is 4. The zero-order valence-electron chi connectivity index (χ0n) is 21.3. The second kappa shape index (κ2) is 9.84. The third kappa shape index (κ3) is 4.46. The van der Waals surface area contributed by atoms with Gasteiger partial charge in [-0.25, -0.2) is 4.79 Å². The first-order valence-corrected chi connectivity index (χ1v) is 12.7. The molecule has 0 bridgehead atoms. The number of ether oxygens (including phenoxy) is 1. The summed E-state index contributed by atoms with van der Waals surface area (Å²) in [6.45, 7) is 14.9. The Kier molecular flexibility index (Phi) is 6.62. The van der Waals surface area contributed by atoms with Crippen LogP contribution in [0.3, 0.4) is 0 Å². The predicted octanol–water partition coefficient (Wildman–Crippen LogP) is 4.32. The molecule has 0 atom stereocenters. The van der Waals surface area contributed by atoms with Gasteiger partial charge in [-0.05, 0) is 57.0 Å². The molecule has 1 fully saturated rings. The van der Waals surface area contributed by atoms with Gasteiger partial charge in [-0.3, -0.25) is 18.7 Å². The zero-order chi connectivity index (χ0) is 24.5. The summed E-state index contributed by atoms with van der Waals surface area (Å²) in [5.41, 5.74) is 8.77. The third-order valence-electron chi connectivity index (χ3n) is 7.12. The molecule has 0 unspecified atom stereocenters. The fourth-order valence-corrected chi connectivity index (χ4v) is 5.10. The molecular weight excluding hydrogens is 438 g/mol. The van der Waals surface area contributed by atoms with E-state index < -0.39 is 0 Å². The maximum atomic E-state index is 12.9. The van der Waals surface area contributed by atoms with Crippen LogP contribution in [0.4, 0.5) is 0 Å². The van der Waals surface area contributed by atoms with Gasteiger partial charge in [-0.1, -0.05) is 23.8 Å². The number of morpholine rings is 1. The van der Waals surface area contributed by atoms with Gasteiger partial charge in [0.15, 0.2) is 0 Å². The first kappa shape index (κ1) is 23.6. The summed E-state index contributed by atoms with van der Waals surface area (Å²) in [7, 11) is 0. The van der Waals surface area contributed by atoms with Crippen molar-refractivity contribution in [1.29, 1.82) is 0 Å². The molecular formula is C28H35N5O2. The predicted molar refractivity (Wildman–Crippen MR) is 141 cm³/mol. The molecule has 2 aromatic carbocycles. The van der Waals surface area contributed by atoms with E-state index in [0.29, 0.717) is 13.1 Å². The van der Waals surface area contributed by atoms with Crippen LogP contribution in [0.2, 0.25) is 0 Å². The summed E-state index contributed by atoms with van der Waals surface area (Å²) in [5, 5.41) is 5.09. The summed E-state index contributed by atoms with van der Waals surface area (Å²) in [5.74, 6) is 0. The lowest BCUT2D eigenvalue weighted by atomic mass is 9.97. The van der Waals surface area contributed by atoms with Crippen LogP contribution in [-0.4, -0.2) is 56.7 Å². The molecule has 7 nitrogen and oxygen atoms in total. The molecule has 0 N–H and O–H groups in total. The largest absolute Gasteiger partial charge is 0.379 e. The van der Waals surface area contributed by atoms with Gasteiger partial charge in [0.2, 0.25) is 0 Å². The molecule has 184 valence electrons. The minimum atomic E-state index is 0.0538. The molecule has 0 saturated carbocycles. The molecule has 1 aliphatic heterocycles. The summed E-state index contributed by atoms with van der Waals surface area (Å²) in [6.07, 6.45) is 2.17. The number of benzene rings is 2. The summed E-state index contributed by atoms with van der Waals surface area (Å²) in [4.78, 5) is 15.3. The first-order valence-electron chi connectivity index (χ1n) is 12.7. The maximum Gasteiger partial charge on any atom is 0.329 e. The van der Waals surface area contributed by atoms with Gasteiger partial charge in [0.05, 0.1) is 30.8 Å². The van der Waals surface area contributed by atoms with Gasteiger partial charge in [-0.15, -0.1) is 0 Å². The molecule has 7 heteroatoms. The number of fused-ring (bicyclic) bond motifs is 1. The number of aromatic nitrogens is 4. The summed E-state index contributed by atoms with van der Waals surface area (Å²) < 4.78 is 11.3. The minimum Gasteiger partial charge on any atom is -0.379 e. The van der Waals surface area contributed by atoms with E-state index >= 15 is 0 Å². The highest BCUT2D eigenvalue weighted by Gasteiger charge is 2.19. The number of hydrogen-bond donors (Lipinski definition) is 0. The topological polar surface area (TPSA) is 57.2 Å². The molecule has 0 spiro atoms. The highest BCUT2D eigenvalue weighted by Crippen LogP contribution is 2.35. The number of imidazole rings is 1. The van der Waals surface area contributed by atoms with E-state index in [2.05, 4.69) is 66.0 Å². The standard InChI is InChI=1S/C28H35N5O2/c1-5-32-25-10-9-22(18-26(25)33(6-2)28(32)34)24-19-31(12-11-30-13-15-35-16-14-30)29-27(24)23-17-20(3)7-8-21(23)4/h7-10,17-19H,5-6,11-16H2,1-4H3. The molecule has 0 aliphatic carbocycles. The molecule has 0 radical (unpaired) electrons. The molecule has 35 heavy (non-hydrogen) atoms. The van der Waals surface area contributed by atoms with Gasteiger partial charge in [0, 0.05) is 50.0 Å². The lowest BCUT2D eigenvalue weighted by Gasteiger charge is -2.26. The van der Waals surface area contributed by atoms with Crippen molar-refractivity contribution >= 4 is 11.0 Å². The Morgan fingerprint density at radius 2 is 1.63 bits per heavy atom. The Hall–Kier alpha value is -3.16. The van der Waals surface area contributed by atoms with Gasteiger partial charge >= 0.3 is 5.69 Å². The molecule has 0 amide bonds. The van der Waals surface area contributed by atoms with E-state index in [9.17, 15) is 4.79 Å². The monoisotopic (exact) mass is 473 g/mol. The van der Waals surface area contributed by atoms with Crippen molar-refractivity contribution < 1.29 is 4.74 Å². The summed E-state index contributed by atoms with van der Waals surface area (Å²) in [6, 6.07) is 12.9. The Bertz CT molecular complexity index is 1400. The van der Waals surface area contributed by atoms with Crippen LogP contribution in [0.1, 0.15) is 25.0 Å². The van der Waals surface area contributed by atoms with E-state index in [1.54, 1.807) is 0 Å². The van der Waals surface area contributed by atoms with Crippen molar-refractivity contribution in [1.82, 2.24) is 23.8 Å². The van der Waals surface area contributed by atoms with Gasteiger partial charge in [-0.2, -0.15) is 5.10 Å². The highest BCUT2D eigenvalue weighted by atomic mass is 16.5. The smallest absolute Gasteiger partial charge is 0.329 e. The van der Waals surface area contributed by atoms with Gasteiger partial charge in [0.1, 0.15) is 5.69 Å². The second-order valence-corrected chi connectivity index (χ2v) is 9.40. The summed E-state index contributed by atoms with van der Waals surface area (Å²) >= 11 is 0. The van der Waals surface area contributed by atoms with Crippen molar-refractivity contribution in [2.75, 3.05) is 32.8 Å². The lowest BCUT2D eigenvalue weighted by Crippen LogP contribution is -2.38. The molecule has 1 saturated heterocycles. The third-order valence-corrected chi connectivity index (χ3v) is 7.12. The van der Waals surface area contributed by atoms with Crippen LogP contribution in [-0.2, 0) is 24.4 Å². The van der Waals surface area contributed by atoms with Gasteiger partial charge in [0.25, 0.3) is 0 Å². The molecule has 3 heterocycles. The Morgan fingerprint density at radius 3 is 2.37 bits per heavy atom. The first-order chi connectivity index (χ1) is 17.0.